The number of nitrogens with one attached hydrogen (secondary N) is 1. The number of nitrogens with zero attached hydrogens (tertiary/aromatic N) is 3. The van der Waals surface area contributed by atoms with Crippen LogP contribution in [0.25, 0.3) is 11.3 Å². The second-order valence-corrected chi connectivity index (χ2v) is 7.21. The highest BCUT2D eigenvalue weighted by Crippen LogP contribution is 2.21. The Morgan fingerprint density at radius 3 is 2.28 bits per heavy atom. The maximum atomic E-state index is 12.6. The van der Waals surface area contributed by atoms with E-state index in [0.717, 1.165) is 49.7 Å². The molecule has 4 rings (SSSR count). The van der Waals surface area contributed by atoms with Crippen molar-refractivity contribution in [1.29, 1.82) is 0 Å². The number of benzene rings is 2. The standard InChI is InChI=1S/C24H26N4O/c1-2-27-15-17-28(18-16-27)22-12-10-21(11-13-22)26-24(29)20-8-6-19(7-9-20)23-5-3-4-14-25-23/h3-14H,2,15-18H2,1H3,(H,26,29). The lowest BCUT2D eigenvalue weighted by molar-refractivity contribution is 0.102. The van der Waals surface area contributed by atoms with E-state index in [-0.39, 0.29) is 5.91 Å². The average Bonchev–Trinajstić information content (AvgIpc) is 2.80. The number of likely N-dealkylation sites (N-methyl/N-ethyl adjacent to an activating group) is 1. The summed E-state index contributed by atoms with van der Waals surface area (Å²) in [5.41, 5.74) is 4.53. The third-order valence-electron chi connectivity index (χ3n) is 5.42. The Morgan fingerprint density at radius 1 is 0.931 bits per heavy atom. The molecule has 0 saturated carbocycles. The molecule has 2 aromatic carbocycles. The molecule has 148 valence electrons. The van der Waals surface area contributed by atoms with Crippen LogP contribution < -0.4 is 10.2 Å². The van der Waals surface area contributed by atoms with E-state index in [4.69, 9.17) is 0 Å². The van der Waals surface area contributed by atoms with E-state index in [1.165, 1.54) is 5.69 Å². The van der Waals surface area contributed by atoms with Crippen LogP contribution in [-0.2, 0) is 0 Å². The van der Waals surface area contributed by atoms with Gasteiger partial charge in [0.25, 0.3) is 5.91 Å². The number of piperazine rings is 1. The third-order valence-corrected chi connectivity index (χ3v) is 5.42. The first kappa shape index (κ1) is 19.2. The molecule has 0 spiro atoms. The monoisotopic (exact) mass is 386 g/mol. The minimum absolute atomic E-state index is 0.109. The highest BCUT2D eigenvalue weighted by atomic mass is 16.1. The zero-order valence-electron chi connectivity index (χ0n) is 16.7. The minimum atomic E-state index is -0.109. The van der Waals surface area contributed by atoms with Crippen LogP contribution >= 0.6 is 0 Å². The van der Waals surface area contributed by atoms with Crippen LogP contribution in [0, 0.1) is 0 Å². The van der Waals surface area contributed by atoms with Gasteiger partial charge in [-0.3, -0.25) is 9.78 Å². The van der Waals surface area contributed by atoms with Gasteiger partial charge in [0, 0.05) is 54.9 Å². The second kappa shape index (κ2) is 8.88. The van der Waals surface area contributed by atoms with E-state index in [1.54, 1.807) is 6.20 Å². The molecule has 0 unspecified atom stereocenters. The SMILES string of the molecule is CCN1CCN(c2ccc(NC(=O)c3ccc(-c4ccccn4)cc3)cc2)CC1. The largest absolute Gasteiger partial charge is 0.369 e. The molecule has 5 nitrogen and oxygen atoms in total. The van der Waals surface area contributed by atoms with E-state index in [1.807, 2.05) is 54.6 Å². The first-order chi connectivity index (χ1) is 14.2. The van der Waals surface area contributed by atoms with Crippen LogP contribution in [0.1, 0.15) is 17.3 Å². The van der Waals surface area contributed by atoms with Crippen LogP contribution in [0.2, 0.25) is 0 Å². The van der Waals surface area contributed by atoms with Gasteiger partial charge < -0.3 is 15.1 Å². The van der Waals surface area contributed by atoms with Crippen LogP contribution in [0.5, 0.6) is 0 Å². The zero-order chi connectivity index (χ0) is 20.1. The summed E-state index contributed by atoms with van der Waals surface area (Å²) in [4.78, 5) is 21.8. The molecule has 0 bridgehead atoms. The van der Waals surface area contributed by atoms with Crippen molar-refractivity contribution in [3.05, 3.63) is 78.5 Å². The predicted octanol–water partition coefficient (Wildman–Crippen LogP) is 4.14. The minimum Gasteiger partial charge on any atom is -0.369 e. The van der Waals surface area contributed by atoms with Crippen molar-refractivity contribution in [3.63, 3.8) is 0 Å². The van der Waals surface area contributed by atoms with E-state index in [9.17, 15) is 4.79 Å². The predicted molar refractivity (Wildman–Crippen MR) is 118 cm³/mol. The summed E-state index contributed by atoms with van der Waals surface area (Å²) in [7, 11) is 0. The van der Waals surface area contributed by atoms with Crippen molar-refractivity contribution in [2.24, 2.45) is 0 Å². The fraction of sp³-hybridized carbons (Fsp3) is 0.250. The van der Waals surface area contributed by atoms with Gasteiger partial charge in [-0.1, -0.05) is 25.1 Å². The smallest absolute Gasteiger partial charge is 0.255 e. The maximum Gasteiger partial charge on any atom is 0.255 e. The van der Waals surface area contributed by atoms with E-state index < -0.39 is 0 Å². The number of rotatable bonds is 5. The van der Waals surface area contributed by atoms with Gasteiger partial charge in [0.05, 0.1) is 5.69 Å². The maximum absolute atomic E-state index is 12.6. The molecule has 0 radical (unpaired) electrons. The summed E-state index contributed by atoms with van der Waals surface area (Å²) >= 11 is 0. The fourth-order valence-electron chi connectivity index (χ4n) is 3.61. The number of aromatic nitrogens is 1. The molecule has 1 aliphatic rings. The van der Waals surface area contributed by atoms with Gasteiger partial charge in [-0.05, 0) is 55.1 Å². The topological polar surface area (TPSA) is 48.5 Å². The Bertz CT molecular complexity index is 931. The fourth-order valence-corrected chi connectivity index (χ4v) is 3.61. The highest BCUT2D eigenvalue weighted by molar-refractivity contribution is 6.04. The molecule has 2 heterocycles. The van der Waals surface area contributed by atoms with Crippen molar-refractivity contribution in [3.8, 4) is 11.3 Å². The summed E-state index contributed by atoms with van der Waals surface area (Å²) in [6.45, 7) is 7.61. The molecule has 1 saturated heterocycles. The number of carbonyl (C=O) groups is 1. The van der Waals surface area contributed by atoms with E-state index in [2.05, 4.69) is 39.2 Å². The number of pyridine rings is 1. The molecule has 29 heavy (non-hydrogen) atoms. The van der Waals surface area contributed by atoms with Gasteiger partial charge in [-0.25, -0.2) is 0 Å². The van der Waals surface area contributed by atoms with Crippen LogP contribution in [0.15, 0.2) is 72.9 Å². The van der Waals surface area contributed by atoms with Crippen molar-refractivity contribution in [2.45, 2.75) is 6.92 Å². The molecule has 1 fully saturated rings. The van der Waals surface area contributed by atoms with Gasteiger partial charge >= 0.3 is 0 Å². The van der Waals surface area contributed by atoms with Crippen molar-refractivity contribution >= 4 is 17.3 Å². The third kappa shape index (κ3) is 4.63. The molecule has 3 aromatic rings. The number of amides is 1. The van der Waals surface area contributed by atoms with Crippen LogP contribution in [0.4, 0.5) is 11.4 Å². The summed E-state index contributed by atoms with van der Waals surface area (Å²) in [6.07, 6.45) is 1.77. The Balaban J connectivity index is 1.37. The van der Waals surface area contributed by atoms with E-state index >= 15 is 0 Å². The second-order valence-electron chi connectivity index (χ2n) is 7.21. The van der Waals surface area contributed by atoms with Crippen LogP contribution in [-0.4, -0.2) is 48.5 Å². The summed E-state index contributed by atoms with van der Waals surface area (Å²) in [5, 5.41) is 2.98. The van der Waals surface area contributed by atoms with Gasteiger partial charge in [0.15, 0.2) is 0 Å². The lowest BCUT2D eigenvalue weighted by Crippen LogP contribution is -2.46. The molecule has 5 heteroatoms. The average molecular weight is 386 g/mol. The Morgan fingerprint density at radius 2 is 1.66 bits per heavy atom. The first-order valence-corrected chi connectivity index (χ1v) is 10.1. The highest BCUT2D eigenvalue weighted by Gasteiger charge is 2.15. The molecular formula is C24H26N4O. The van der Waals surface area contributed by atoms with Gasteiger partial charge in [0.2, 0.25) is 0 Å². The number of hydrogen-bond acceptors (Lipinski definition) is 4. The molecule has 0 atom stereocenters. The van der Waals surface area contributed by atoms with Gasteiger partial charge in [0.1, 0.15) is 0 Å². The number of anilines is 2. The summed E-state index contributed by atoms with van der Waals surface area (Å²) < 4.78 is 0. The first-order valence-electron chi connectivity index (χ1n) is 10.1. The van der Waals surface area contributed by atoms with Crippen LogP contribution in [0.3, 0.4) is 0 Å². The summed E-state index contributed by atoms with van der Waals surface area (Å²) in [6, 6.07) is 21.4. The van der Waals surface area contributed by atoms with Gasteiger partial charge in [-0.15, -0.1) is 0 Å². The molecular weight excluding hydrogens is 360 g/mol. The van der Waals surface area contributed by atoms with Gasteiger partial charge in [-0.2, -0.15) is 0 Å². The summed E-state index contributed by atoms with van der Waals surface area (Å²) in [5.74, 6) is -0.109. The van der Waals surface area contributed by atoms with Crippen molar-refractivity contribution < 1.29 is 4.79 Å². The molecule has 1 aliphatic heterocycles. The Labute approximate surface area is 172 Å². The van der Waals surface area contributed by atoms with Crippen molar-refractivity contribution in [1.82, 2.24) is 9.88 Å². The molecule has 1 amide bonds. The molecule has 1 N–H and O–H groups in total. The quantitative estimate of drug-likeness (QED) is 0.716. The molecule has 0 aliphatic carbocycles. The lowest BCUT2D eigenvalue weighted by Gasteiger charge is -2.35. The molecule has 1 aromatic heterocycles. The Hall–Kier alpha value is -3.18. The van der Waals surface area contributed by atoms with E-state index in [0.29, 0.717) is 5.56 Å². The van der Waals surface area contributed by atoms with Crippen molar-refractivity contribution in [2.75, 3.05) is 42.9 Å². The zero-order valence-corrected chi connectivity index (χ0v) is 16.7. The normalized spacial score (nSPS) is 14.6. The number of carbonyl (C=O) groups excluding carboxylic acids is 1. The number of hydrogen-bond donors (Lipinski definition) is 1. The Kier molecular flexibility index (Phi) is 5.86. The lowest BCUT2D eigenvalue weighted by atomic mass is 10.1.